The van der Waals surface area contributed by atoms with Crippen LogP contribution in [-0.4, -0.2) is 35.5 Å². The highest BCUT2D eigenvalue weighted by Gasteiger charge is 2.20. The van der Waals surface area contributed by atoms with Crippen LogP contribution in [0.25, 0.3) is 0 Å². The Hall–Kier alpha value is -1.69. The molecule has 1 aromatic carbocycles. The number of rotatable bonds is 4. The number of halogens is 1. The monoisotopic (exact) mass is 281 g/mol. The second-order valence-corrected chi connectivity index (χ2v) is 5.13. The molecule has 1 N–H and O–H groups in total. The van der Waals surface area contributed by atoms with Crippen LogP contribution in [0.2, 0.25) is 0 Å². The van der Waals surface area contributed by atoms with Gasteiger partial charge in [0.05, 0.1) is 4.92 Å². The van der Waals surface area contributed by atoms with Crippen molar-refractivity contribution in [2.45, 2.75) is 32.2 Å². The highest BCUT2D eigenvalue weighted by Crippen LogP contribution is 2.27. The fraction of sp³-hybridized carbons (Fsp3) is 0.571. The molecule has 1 aromatic rings. The molecule has 1 unspecified atom stereocenters. The largest absolute Gasteiger partial charge is 0.377 e. The van der Waals surface area contributed by atoms with Gasteiger partial charge in [0.15, 0.2) is 0 Å². The molecule has 0 bridgehead atoms. The van der Waals surface area contributed by atoms with Gasteiger partial charge in [0.1, 0.15) is 11.5 Å². The minimum atomic E-state index is -0.475. The fourth-order valence-electron chi connectivity index (χ4n) is 2.62. The molecule has 0 aliphatic carbocycles. The lowest BCUT2D eigenvalue weighted by Gasteiger charge is -2.19. The van der Waals surface area contributed by atoms with Crippen LogP contribution >= 0.6 is 0 Å². The SMILES string of the molecule is CCN1CCCC(Nc2cc(F)ccc2[N+](=O)[O-])CC1. The van der Waals surface area contributed by atoms with Gasteiger partial charge >= 0.3 is 0 Å². The lowest BCUT2D eigenvalue weighted by molar-refractivity contribution is -0.384. The Morgan fingerprint density at radius 1 is 1.45 bits per heavy atom. The molecule has 0 spiro atoms. The molecule has 1 heterocycles. The van der Waals surface area contributed by atoms with Gasteiger partial charge < -0.3 is 10.2 Å². The van der Waals surface area contributed by atoms with Crippen molar-refractivity contribution in [3.05, 3.63) is 34.1 Å². The smallest absolute Gasteiger partial charge is 0.292 e. The maximum Gasteiger partial charge on any atom is 0.292 e. The van der Waals surface area contributed by atoms with E-state index in [1.54, 1.807) is 0 Å². The average Bonchev–Trinajstić information content (AvgIpc) is 2.63. The predicted molar refractivity (Wildman–Crippen MR) is 76.4 cm³/mol. The lowest BCUT2D eigenvalue weighted by atomic mass is 10.1. The Morgan fingerprint density at radius 2 is 2.25 bits per heavy atom. The van der Waals surface area contributed by atoms with Crippen molar-refractivity contribution in [1.82, 2.24) is 4.90 Å². The third-order valence-electron chi connectivity index (χ3n) is 3.78. The van der Waals surface area contributed by atoms with E-state index in [1.807, 2.05) is 0 Å². The summed E-state index contributed by atoms with van der Waals surface area (Å²) in [5, 5.41) is 14.1. The molecule has 0 amide bonds. The number of nitro benzene ring substituents is 1. The number of hydrogen-bond donors (Lipinski definition) is 1. The summed E-state index contributed by atoms with van der Waals surface area (Å²) in [6.07, 6.45) is 2.92. The van der Waals surface area contributed by atoms with Crippen molar-refractivity contribution in [3.63, 3.8) is 0 Å². The van der Waals surface area contributed by atoms with E-state index >= 15 is 0 Å². The maximum atomic E-state index is 13.3. The summed E-state index contributed by atoms with van der Waals surface area (Å²) < 4.78 is 13.3. The second-order valence-electron chi connectivity index (χ2n) is 5.13. The van der Waals surface area contributed by atoms with Gasteiger partial charge in [-0.1, -0.05) is 6.92 Å². The zero-order chi connectivity index (χ0) is 14.5. The molecular weight excluding hydrogens is 261 g/mol. The van der Waals surface area contributed by atoms with Crippen LogP contribution in [0.1, 0.15) is 26.2 Å². The Kier molecular flexibility index (Phi) is 4.89. The molecular formula is C14H20FN3O2. The zero-order valence-corrected chi connectivity index (χ0v) is 11.6. The van der Waals surface area contributed by atoms with Gasteiger partial charge in [-0.25, -0.2) is 4.39 Å². The van der Waals surface area contributed by atoms with E-state index in [9.17, 15) is 14.5 Å². The van der Waals surface area contributed by atoms with Gasteiger partial charge in [0, 0.05) is 24.7 Å². The van der Waals surface area contributed by atoms with Crippen molar-refractivity contribution in [1.29, 1.82) is 0 Å². The number of nitro groups is 1. The summed E-state index contributed by atoms with van der Waals surface area (Å²) >= 11 is 0. The topological polar surface area (TPSA) is 58.4 Å². The number of nitrogens with zero attached hydrogens (tertiary/aromatic N) is 2. The van der Waals surface area contributed by atoms with Crippen LogP contribution in [0.4, 0.5) is 15.8 Å². The standard InChI is InChI=1S/C14H20FN3O2/c1-2-17-8-3-4-12(7-9-17)16-13-10-11(15)5-6-14(13)18(19)20/h5-6,10,12,16H,2-4,7-9H2,1H3. The summed E-state index contributed by atoms with van der Waals surface area (Å²) in [6.45, 7) is 5.18. The van der Waals surface area contributed by atoms with Crippen LogP contribution in [0.3, 0.4) is 0 Å². The Labute approximate surface area is 117 Å². The summed E-state index contributed by atoms with van der Waals surface area (Å²) in [4.78, 5) is 12.9. The molecule has 5 nitrogen and oxygen atoms in total. The van der Waals surface area contributed by atoms with E-state index in [2.05, 4.69) is 17.1 Å². The summed E-state index contributed by atoms with van der Waals surface area (Å²) in [7, 11) is 0. The van der Waals surface area contributed by atoms with Crippen LogP contribution in [0.15, 0.2) is 18.2 Å². The Bertz CT molecular complexity index is 481. The zero-order valence-electron chi connectivity index (χ0n) is 11.6. The number of anilines is 1. The van der Waals surface area contributed by atoms with Crippen molar-refractivity contribution < 1.29 is 9.31 Å². The van der Waals surface area contributed by atoms with E-state index in [1.165, 1.54) is 12.1 Å². The molecule has 0 aromatic heterocycles. The minimum Gasteiger partial charge on any atom is -0.377 e. The van der Waals surface area contributed by atoms with Crippen molar-refractivity contribution in [3.8, 4) is 0 Å². The van der Waals surface area contributed by atoms with Crippen molar-refractivity contribution in [2.24, 2.45) is 0 Å². The molecule has 20 heavy (non-hydrogen) atoms. The third kappa shape index (κ3) is 3.66. The highest BCUT2D eigenvalue weighted by molar-refractivity contribution is 5.61. The number of nitrogens with one attached hydrogen (secondary N) is 1. The summed E-state index contributed by atoms with van der Waals surface area (Å²) in [5.74, 6) is -0.457. The molecule has 110 valence electrons. The first kappa shape index (κ1) is 14.7. The van der Waals surface area contributed by atoms with Gasteiger partial charge in [0.25, 0.3) is 5.69 Å². The van der Waals surface area contributed by atoms with Crippen LogP contribution in [0.5, 0.6) is 0 Å². The van der Waals surface area contributed by atoms with Crippen molar-refractivity contribution >= 4 is 11.4 Å². The van der Waals surface area contributed by atoms with Crippen LogP contribution < -0.4 is 5.32 Å². The van der Waals surface area contributed by atoms with Gasteiger partial charge in [-0.05, 0) is 38.4 Å². The van der Waals surface area contributed by atoms with E-state index in [-0.39, 0.29) is 17.4 Å². The minimum absolute atomic E-state index is 0.0667. The molecule has 0 radical (unpaired) electrons. The highest BCUT2D eigenvalue weighted by atomic mass is 19.1. The van der Waals surface area contributed by atoms with Crippen LogP contribution in [-0.2, 0) is 0 Å². The van der Waals surface area contributed by atoms with Crippen LogP contribution in [0, 0.1) is 15.9 Å². The number of benzene rings is 1. The van der Waals surface area contributed by atoms with E-state index in [0.717, 1.165) is 45.0 Å². The molecule has 1 atom stereocenters. The van der Waals surface area contributed by atoms with E-state index in [0.29, 0.717) is 0 Å². The maximum absolute atomic E-state index is 13.3. The molecule has 1 aliphatic rings. The lowest BCUT2D eigenvalue weighted by Crippen LogP contribution is -2.26. The molecule has 2 rings (SSSR count). The summed E-state index contributed by atoms with van der Waals surface area (Å²) in [6, 6.07) is 3.70. The summed E-state index contributed by atoms with van der Waals surface area (Å²) in [5.41, 5.74) is 0.216. The quantitative estimate of drug-likeness (QED) is 0.681. The van der Waals surface area contributed by atoms with Gasteiger partial charge in [-0.2, -0.15) is 0 Å². The normalized spacial score (nSPS) is 20.4. The molecule has 6 heteroatoms. The molecule has 1 saturated heterocycles. The first-order chi connectivity index (χ1) is 9.60. The van der Waals surface area contributed by atoms with E-state index in [4.69, 9.17) is 0 Å². The Morgan fingerprint density at radius 3 is 2.95 bits per heavy atom. The van der Waals surface area contributed by atoms with Crippen molar-refractivity contribution in [2.75, 3.05) is 25.0 Å². The fourth-order valence-corrected chi connectivity index (χ4v) is 2.62. The first-order valence-electron chi connectivity index (χ1n) is 7.03. The average molecular weight is 281 g/mol. The second kappa shape index (κ2) is 6.65. The predicted octanol–water partition coefficient (Wildman–Crippen LogP) is 3.02. The molecule has 0 saturated carbocycles. The third-order valence-corrected chi connectivity index (χ3v) is 3.78. The van der Waals surface area contributed by atoms with Gasteiger partial charge in [-0.15, -0.1) is 0 Å². The number of likely N-dealkylation sites (tertiary alicyclic amines) is 1. The van der Waals surface area contributed by atoms with Gasteiger partial charge in [0.2, 0.25) is 0 Å². The van der Waals surface area contributed by atoms with Gasteiger partial charge in [-0.3, -0.25) is 10.1 Å². The first-order valence-corrected chi connectivity index (χ1v) is 7.03. The molecule has 1 aliphatic heterocycles. The van der Waals surface area contributed by atoms with E-state index < -0.39 is 10.7 Å². The molecule has 1 fully saturated rings. The Balaban J connectivity index is 2.09. The number of hydrogen-bond acceptors (Lipinski definition) is 4.